The first kappa shape index (κ1) is 10.9. The molecule has 1 nitrogen and oxygen atoms in total. The number of halogens is 3. The predicted octanol–water partition coefficient (Wildman–Crippen LogP) is 3.10. The van der Waals surface area contributed by atoms with Crippen LogP contribution in [0.3, 0.4) is 0 Å². The number of aliphatic imine (C=N–C) groups is 1. The van der Waals surface area contributed by atoms with E-state index in [1.165, 1.54) is 6.08 Å². The zero-order chi connectivity index (χ0) is 9.78. The van der Waals surface area contributed by atoms with Crippen molar-refractivity contribution in [2.45, 2.75) is 20.0 Å². The van der Waals surface area contributed by atoms with E-state index in [-0.39, 0.29) is 0 Å². The Kier molecular flexibility index (Phi) is 3.73. The number of nitrogens with zero attached hydrogens (tertiary/aromatic N) is 1. The lowest BCUT2D eigenvalue weighted by molar-refractivity contribution is -0.0922. The molecule has 0 aromatic rings. The smallest absolute Gasteiger partial charge is 0.260 e. The lowest BCUT2D eigenvalue weighted by atomic mass is 10.3. The topological polar surface area (TPSA) is 12.4 Å². The summed E-state index contributed by atoms with van der Waals surface area (Å²) in [6.07, 6.45) is -2.16. The fourth-order valence-electron chi connectivity index (χ4n) is 0.482. The summed E-state index contributed by atoms with van der Waals surface area (Å²) in [4.78, 5) is 2.87. The molecule has 0 bridgehead atoms. The molecule has 0 unspecified atom stereocenters. The quantitative estimate of drug-likeness (QED) is 0.454. The maximum Gasteiger partial charge on any atom is 0.433 e. The van der Waals surface area contributed by atoms with Crippen LogP contribution in [0.5, 0.6) is 0 Å². The molecule has 0 fully saturated rings. The zero-order valence-corrected chi connectivity index (χ0v) is 6.94. The fraction of sp³-hybridized carbons (Fsp3) is 0.375. The van der Waals surface area contributed by atoms with Crippen LogP contribution in [0.25, 0.3) is 0 Å². The molecule has 0 N–H and O–H groups in total. The van der Waals surface area contributed by atoms with E-state index in [9.17, 15) is 13.2 Å². The van der Waals surface area contributed by atoms with Gasteiger partial charge in [0.05, 0.1) is 0 Å². The van der Waals surface area contributed by atoms with Gasteiger partial charge in [0.2, 0.25) is 0 Å². The second kappa shape index (κ2) is 4.09. The molecule has 0 aromatic carbocycles. The van der Waals surface area contributed by atoms with Gasteiger partial charge in [-0.25, -0.2) is 0 Å². The van der Waals surface area contributed by atoms with E-state index in [2.05, 4.69) is 11.7 Å². The Labute approximate surface area is 69.3 Å². The summed E-state index contributed by atoms with van der Waals surface area (Å²) in [6.45, 7) is 6.24. The summed E-state index contributed by atoms with van der Waals surface area (Å²) < 4.78 is 35.8. The fourth-order valence-corrected chi connectivity index (χ4v) is 0.482. The Bertz CT molecular complexity index is 219. The zero-order valence-electron chi connectivity index (χ0n) is 6.94. The van der Waals surface area contributed by atoms with Gasteiger partial charge in [-0.05, 0) is 26.6 Å². The van der Waals surface area contributed by atoms with Gasteiger partial charge < -0.3 is 0 Å². The Morgan fingerprint density at radius 3 is 2.00 bits per heavy atom. The van der Waals surface area contributed by atoms with Crippen LogP contribution < -0.4 is 0 Å². The van der Waals surface area contributed by atoms with Crippen molar-refractivity contribution in [3.05, 3.63) is 23.4 Å². The van der Waals surface area contributed by atoms with Gasteiger partial charge in [-0.15, -0.1) is 0 Å². The van der Waals surface area contributed by atoms with Crippen LogP contribution >= 0.6 is 0 Å². The van der Waals surface area contributed by atoms with E-state index >= 15 is 0 Å². The maximum absolute atomic E-state index is 11.9. The number of hydrogen-bond donors (Lipinski definition) is 0. The summed E-state index contributed by atoms with van der Waals surface area (Å²) in [7, 11) is 0. The highest BCUT2D eigenvalue weighted by molar-refractivity contribution is 5.32. The van der Waals surface area contributed by atoms with Gasteiger partial charge in [-0.3, -0.25) is 4.99 Å². The highest BCUT2D eigenvalue weighted by Gasteiger charge is 2.32. The van der Waals surface area contributed by atoms with E-state index in [0.717, 1.165) is 11.6 Å². The highest BCUT2D eigenvalue weighted by Crippen LogP contribution is 2.26. The molecule has 4 heteroatoms. The standard InChI is InChI=1S/C8H10F3N/c1-6(2)4-5-7(12-3)8(9,10)11/h4-5H,3H2,1-2H3/b7-5-. The maximum atomic E-state index is 11.9. The Hall–Kier alpha value is -1.06. The van der Waals surface area contributed by atoms with Crippen LogP contribution in [0, 0.1) is 0 Å². The normalized spacial score (nSPS) is 12.6. The predicted molar refractivity (Wildman–Crippen MR) is 43.1 cm³/mol. The first-order chi connectivity index (χ1) is 5.38. The van der Waals surface area contributed by atoms with Gasteiger partial charge in [0.1, 0.15) is 5.70 Å². The summed E-state index contributed by atoms with van der Waals surface area (Å²) in [5.41, 5.74) is -0.191. The lowest BCUT2D eigenvalue weighted by Crippen LogP contribution is -2.09. The highest BCUT2D eigenvalue weighted by atomic mass is 19.4. The van der Waals surface area contributed by atoms with E-state index in [1.807, 2.05) is 0 Å². The van der Waals surface area contributed by atoms with Crippen molar-refractivity contribution in [2.75, 3.05) is 0 Å². The Morgan fingerprint density at radius 2 is 1.75 bits per heavy atom. The van der Waals surface area contributed by atoms with Crippen LogP contribution in [0.1, 0.15) is 13.8 Å². The first-order valence-corrected chi connectivity index (χ1v) is 3.27. The lowest BCUT2D eigenvalue weighted by Gasteiger charge is -2.04. The van der Waals surface area contributed by atoms with Gasteiger partial charge in [0, 0.05) is 0 Å². The van der Waals surface area contributed by atoms with Crippen LogP contribution in [0.2, 0.25) is 0 Å². The molecule has 0 saturated heterocycles. The molecule has 0 aliphatic carbocycles. The monoisotopic (exact) mass is 177 g/mol. The summed E-state index contributed by atoms with van der Waals surface area (Å²) in [5.74, 6) is 0. The SMILES string of the molecule is C=N/C(=C\C=C(C)C)C(F)(F)F. The Balaban J connectivity index is 4.68. The van der Waals surface area contributed by atoms with Gasteiger partial charge >= 0.3 is 6.18 Å². The minimum absolute atomic E-state index is 0.778. The number of allylic oxidation sites excluding steroid dienone is 4. The number of rotatable bonds is 2. The van der Waals surface area contributed by atoms with Crippen molar-refractivity contribution in [3.63, 3.8) is 0 Å². The Morgan fingerprint density at radius 1 is 1.25 bits per heavy atom. The van der Waals surface area contributed by atoms with Crippen LogP contribution in [-0.4, -0.2) is 12.9 Å². The van der Waals surface area contributed by atoms with Crippen molar-refractivity contribution >= 4 is 6.72 Å². The average Bonchev–Trinajstić information content (AvgIpc) is 1.85. The van der Waals surface area contributed by atoms with Gasteiger partial charge in [-0.1, -0.05) is 11.6 Å². The molecule has 0 spiro atoms. The van der Waals surface area contributed by atoms with Crippen LogP contribution in [0.15, 0.2) is 28.4 Å². The van der Waals surface area contributed by atoms with Crippen molar-refractivity contribution in [2.24, 2.45) is 4.99 Å². The van der Waals surface area contributed by atoms with Crippen molar-refractivity contribution in [1.29, 1.82) is 0 Å². The third-order valence-electron chi connectivity index (χ3n) is 1.04. The van der Waals surface area contributed by atoms with Gasteiger partial charge in [0.15, 0.2) is 0 Å². The van der Waals surface area contributed by atoms with Crippen molar-refractivity contribution in [1.82, 2.24) is 0 Å². The first-order valence-electron chi connectivity index (χ1n) is 3.27. The molecule has 0 aromatic heterocycles. The molecule has 0 heterocycles. The number of hydrogen-bond acceptors (Lipinski definition) is 1. The molecular formula is C8H10F3N. The minimum Gasteiger partial charge on any atom is -0.260 e. The second-order valence-electron chi connectivity index (χ2n) is 2.45. The van der Waals surface area contributed by atoms with Crippen LogP contribution in [-0.2, 0) is 0 Å². The molecule has 0 rings (SSSR count). The molecule has 0 saturated carbocycles. The molecular weight excluding hydrogens is 167 g/mol. The molecule has 12 heavy (non-hydrogen) atoms. The molecule has 0 aliphatic heterocycles. The number of alkyl halides is 3. The summed E-state index contributed by atoms with van der Waals surface area (Å²) in [6, 6.07) is 0. The van der Waals surface area contributed by atoms with E-state index in [4.69, 9.17) is 0 Å². The third-order valence-corrected chi connectivity index (χ3v) is 1.04. The van der Waals surface area contributed by atoms with Gasteiger partial charge in [0.25, 0.3) is 0 Å². The average molecular weight is 177 g/mol. The molecule has 0 aliphatic rings. The third kappa shape index (κ3) is 3.95. The van der Waals surface area contributed by atoms with Gasteiger partial charge in [-0.2, -0.15) is 13.2 Å². The van der Waals surface area contributed by atoms with Crippen molar-refractivity contribution < 1.29 is 13.2 Å². The molecule has 0 atom stereocenters. The van der Waals surface area contributed by atoms with E-state index < -0.39 is 11.9 Å². The molecule has 68 valence electrons. The van der Waals surface area contributed by atoms with Crippen molar-refractivity contribution in [3.8, 4) is 0 Å². The molecule has 0 amide bonds. The summed E-state index contributed by atoms with van der Waals surface area (Å²) in [5, 5.41) is 0. The second-order valence-corrected chi connectivity index (χ2v) is 2.45. The largest absolute Gasteiger partial charge is 0.433 e. The molecule has 0 radical (unpaired) electrons. The van der Waals surface area contributed by atoms with E-state index in [0.29, 0.717) is 0 Å². The van der Waals surface area contributed by atoms with E-state index in [1.54, 1.807) is 13.8 Å². The minimum atomic E-state index is -4.41. The summed E-state index contributed by atoms with van der Waals surface area (Å²) >= 11 is 0. The van der Waals surface area contributed by atoms with Crippen LogP contribution in [0.4, 0.5) is 13.2 Å².